The molecule has 180 valence electrons. The molecule has 5 nitrogen and oxygen atoms in total. The SMILES string of the molecule is CCOC(=O)C(C(=O)OCC)[C@H](c1ccccc1)c1cc(C(C)(C)C)c(O)c(C(C)(C)C)c1. The third-order valence-corrected chi connectivity index (χ3v) is 5.68. The minimum absolute atomic E-state index is 0.159. The van der Waals surface area contributed by atoms with E-state index in [1.807, 2.05) is 84.0 Å². The third kappa shape index (κ3) is 6.16. The highest BCUT2D eigenvalue weighted by Gasteiger charge is 2.41. The van der Waals surface area contributed by atoms with E-state index in [4.69, 9.17) is 9.47 Å². The van der Waals surface area contributed by atoms with Crippen molar-refractivity contribution in [2.45, 2.75) is 72.1 Å². The zero-order chi connectivity index (χ0) is 25.0. The first-order valence-electron chi connectivity index (χ1n) is 11.6. The van der Waals surface area contributed by atoms with Gasteiger partial charge in [0.25, 0.3) is 0 Å². The van der Waals surface area contributed by atoms with Crippen molar-refractivity contribution in [2.75, 3.05) is 13.2 Å². The molecular weight excluding hydrogens is 416 g/mol. The molecule has 0 fully saturated rings. The van der Waals surface area contributed by atoms with Crippen LogP contribution in [0.4, 0.5) is 0 Å². The Balaban J connectivity index is 2.90. The molecule has 0 saturated heterocycles. The van der Waals surface area contributed by atoms with Crippen molar-refractivity contribution in [3.63, 3.8) is 0 Å². The van der Waals surface area contributed by atoms with Crippen molar-refractivity contribution in [3.8, 4) is 5.75 Å². The first kappa shape index (κ1) is 26.4. The monoisotopic (exact) mass is 454 g/mol. The number of aromatic hydroxyl groups is 1. The molecule has 2 aromatic carbocycles. The van der Waals surface area contributed by atoms with Crippen LogP contribution in [0.1, 0.15) is 83.6 Å². The minimum Gasteiger partial charge on any atom is -0.507 e. The van der Waals surface area contributed by atoms with Crippen LogP contribution in [0.3, 0.4) is 0 Å². The van der Waals surface area contributed by atoms with E-state index in [-0.39, 0.29) is 29.8 Å². The molecule has 0 aromatic heterocycles. The molecule has 0 aliphatic carbocycles. The Kier molecular flexibility index (Phi) is 8.34. The molecule has 0 heterocycles. The van der Waals surface area contributed by atoms with Gasteiger partial charge in [-0.3, -0.25) is 9.59 Å². The molecule has 2 aromatic rings. The lowest BCUT2D eigenvalue weighted by molar-refractivity contribution is -0.162. The molecular formula is C28H38O5. The van der Waals surface area contributed by atoms with Gasteiger partial charge in [0.15, 0.2) is 5.92 Å². The number of esters is 2. The maximum absolute atomic E-state index is 13.1. The van der Waals surface area contributed by atoms with Gasteiger partial charge in [0.05, 0.1) is 13.2 Å². The summed E-state index contributed by atoms with van der Waals surface area (Å²) >= 11 is 0. The summed E-state index contributed by atoms with van der Waals surface area (Å²) in [5.41, 5.74) is 2.37. The number of phenols is 1. The number of ether oxygens (including phenoxy) is 2. The molecule has 0 amide bonds. The van der Waals surface area contributed by atoms with Crippen LogP contribution in [0, 0.1) is 5.92 Å². The van der Waals surface area contributed by atoms with Crippen molar-refractivity contribution in [3.05, 3.63) is 64.7 Å². The maximum Gasteiger partial charge on any atom is 0.321 e. The Morgan fingerprint density at radius 3 is 1.58 bits per heavy atom. The third-order valence-electron chi connectivity index (χ3n) is 5.68. The number of carbonyl (C=O) groups excluding carboxylic acids is 2. The van der Waals surface area contributed by atoms with E-state index in [1.165, 1.54) is 0 Å². The zero-order valence-corrected chi connectivity index (χ0v) is 21.2. The van der Waals surface area contributed by atoms with Crippen LogP contribution < -0.4 is 0 Å². The molecule has 0 saturated carbocycles. The van der Waals surface area contributed by atoms with Gasteiger partial charge >= 0.3 is 11.9 Å². The van der Waals surface area contributed by atoms with E-state index in [0.717, 1.165) is 22.3 Å². The number of carbonyl (C=O) groups is 2. The van der Waals surface area contributed by atoms with Crippen LogP contribution in [0.15, 0.2) is 42.5 Å². The summed E-state index contributed by atoms with van der Waals surface area (Å²) in [6.07, 6.45) is 0. The first-order valence-corrected chi connectivity index (χ1v) is 11.6. The van der Waals surface area contributed by atoms with Crippen molar-refractivity contribution < 1.29 is 24.2 Å². The van der Waals surface area contributed by atoms with Gasteiger partial charge in [-0.2, -0.15) is 0 Å². The standard InChI is InChI=1S/C28H38O5/c1-9-32-25(30)23(26(31)33-10-2)22(18-14-12-11-13-15-18)19-16-20(27(3,4)5)24(29)21(17-19)28(6,7)8/h11-17,22-23,29H,9-10H2,1-8H3/t22-/m1/s1. The summed E-state index contributed by atoms with van der Waals surface area (Å²) in [5.74, 6) is -2.79. The highest BCUT2D eigenvalue weighted by Crippen LogP contribution is 2.44. The van der Waals surface area contributed by atoms with Crippen LogP contribution in [-0.2, 0) is 29.9 Å². The van der Waals surface area contributed by atoms with Gasteiger partial charge < -0.3 is 14.6 Å². The van der Waals surface area contributed by atoms with Gasteiger partial charge in [-0.05, 0) is 46.9 Å². The van der Waals surface area contributed by atoms with E-state index < -0.39 is 23.8 Å². The van der Waals surface area contributed by atoms with Crippen molar-refractivity contribution in [1.29, 1.82) is 0 Å². The molecule has 0 bridgehead atoms. The van der Waals surface area contributed by atoms with Gasteiger partial charge in [0, 0.05) is 5.92 Å². The average molecular weight is 455 g/mol. The Labute approximate surface area is 198 Å². The van der Waals surface area contributed by atoms with Crippen LogP contribution in [0.2, 0.25) is 0 Å². The molecule has 1 atom stereocenters. The molecule has 0 unspecified atom stereocenters. The van der Waals surface area contributed by atoms with Crippen LogP contribution in [-0.4, -0.2) is 30.3 Å². The summed E-state index contributed by atoms with van der Waals surface area (Å²) in [7, 11) is 0. The molecule has 0 spiro atoms. The van der Waals surface area contributed by atoms with Crippen molar-refractivity contribution in [2.24, 2.45) is 5.92 Å². The largest absolute Gasteiger partial charge is 0.507 e. The quantitative estimate of drug-likeness (QED) is 0.419. The highest BCUT2D eigenvalue weighted by molar-refractivity contribution is 5.96. The maximum atomic E-state index is 13.1. The fourth-order valence-electron chi connectivity index (χ4n) is 4.05. The van der Waals surface area contributed by atoms with Crippen LogP contribution in [0.5, 0.6) is 5.75 Å². The summed E-state index contributed by atoms with van der Waals surface area (Å²) in [5, 5.41) is 11.2. The topological polar surface area (TPSA) is 72.8 Å². The van der Waals surface area contributed by atoms with Crippen LogP contribution >= 0.6 is 0 Å². The molecule has 2 rings (SSSR count). The smallest absolute Gasteiger partial charge is 0.321 e. The van der Waals surface area contributed by atoms with Gasteiger partial charge in [0.1, 0.15) is 5.75 Å². The Bertz CT molecular complexity index is 911. The van der Waals surface area contributed by atoms with Gasteiger partial charge in [-0.15, -0.1) is 0 Å². The van der Waals surface area contributed by atoms with E-state index in [2.05, 4.69) is 0 Å². The van der Waals surface area contributed by atoms with Crippen LogP contribution in [0.25, 0.3) is 0 Å². The normalized spacial score (nSPS) is 13.0. The number of rotatable bonds is 7. The number of hydrogen-bond acceptors (Lipinski definition) is 5. The second-order valence-electron chi connectivity index (χ2n) is 10.3. The highest BCUT2D eigenvalue weighted by atomic mass is 16.6. The first-order chi connectivity index (χ1) is 15.3. The van der Waals surface area contributed by atoms with Crippen molar-refractivity contribution >= 4 is 11.9 Å². The molecule has 1 N–H and O–H groups in total. The van der Waals surface area contributed by atoms with Crippen molar-refractivity contribution in [1.82, 2.24) is 0 Å². The Morgan fingerprint density at radius 1 is 0.788 bits per heavy atom. The molecule has 33 heavy (non-hydrogen) atoms. The van der Waals surface area contributed by atoms with E-state index in [0.29, 0.717) is 0 Å². The summed E-state index contributed by atoms with van der Waals surface area (Å²) in [4.78, 5) is 26.2. The number of hydrogen-bond donors (Lipinski definition) is 1. The van der Waals surface area contributed by atoms with E-state index >= 15 is 0 Å². The molecule has 5 heteroatoms. The minimum atomic E-state index is -1.17. The zero-order valence-electron chi connectivity index (χ0n) is 21.2. The molecule has 0 aliphatic heterocycles. The number of phenolic OH excluding ortho intramolecular Hbond substituents is 1. The summed E-state index contributed by atoms with van der Waals surface area (Å²) < 4.78 is 10.7. The molecule has 0 radical (unpaired) electrons. The Hall–Kier alpha value is -2.82. The van der Waals surface area contributed by atoms with E-state index in [1.54, 1.807) is 13.8 Å². The average Bonchev–Trinajstić information content (AvgIpc) is 2.71. The molecule has 0 aliphatic rings. The van der Waals surface area contributed by atoms with Gasteiger partial charge in [-0.25, -0.2) is 0 Å². The fourth-order valence-corrected chi connectivity index (χ4v) is 4.05. The fraction of sp³-hybridized carbons (Fsp3) is 0.500. The van der Waals surface area contributed by atoms with Gasteiger partial charge in [0.2, 0.25) is 0 Å². The second kappa shape index (κ2) is 10.4. The second-order valence-corrected chi connectivity index (χ2v) is 10.3. The summed E-state index contributed by atoms with van der Waals surface area (Å²) in [6.45, 7) is 15.9. The Morgan fingerprint density at radius 2 is 1.21 bits per heavy atom. The van der Waals surface area contributed by atoms with E-state index in [9.17, 15) is 14.7 Å². The van der Waals surface area contributed by atoms with Gasteiger partial charge in [-0.1, -0.05) is 84.0 Å². The predicted molar refractivity (Wildman–Crippen MR) is 131 cm³/mol. The summed E-state index contributed by atoms with van der Waals surface area (Å²) in [6, 6.07) is 13.3. The lowest BCUT2D eigenvalue weighted by Crippen LogP contribution is -2.34. The lowest BCUT2D eigenvalue weighted by atomic mass is 9.73. The lowest BCUT2D eigenvalue weighted by Gasteiger charge is -2.31. The predicted octanol–water partition coefficient (Wildman–Crippen LogP) is 5.86. The number of benzene rings is 2.